The molecular formula is C17H12FNO3. The number of pyridine rings is 1. The zero-order valence-corrected chi connectivity index (χ0v) is 11.7. The second-order valence-corrected chi connectivity index (χ2v) is 4.56. The Bertz CT molecular complexity index is 848. The highest BCUT2D eigenvalue weighted by atomic mass is 19.1. The van der Waals surface area contributed by atoms with Crippen molar-refractivity contribution in [1.82, 2.24) is 4.98 Å². The Labute approximate surface area is 126 Å². The number of hydrogen-bond acceptors (Lipinski definition) is 4. The smallest absolute Gasteiger partial charge is 0.362 e. The summed E-state index contributed by atoms with van der Waals surface area (Å²) in [4.78, 5) is 16.3. The van der Waals surface area contributed by atoms with E-state index < -0.39 is 11.8 Å². The van der Waals surface area contributed by atoms with E-state index in [1.807, 2.05) is 24.3 Å². The number of rotatable bonds is 3. The summed E-state index contributed by atoms with van der Waals surface area (Å²) in [5.74, 6) is -1.17. The molecule has 0 atom stereocenters. The Kier molecular flexibility index (Phi) is 3.70. The molecule has 0 aliphatic heterocycles. The number of hydrogen-bond donors (Lipinski definition) is 0. The second kappa shape index (κ2) is 5.81. The number of carbonyl (C=O) groups excluding carboxylic acids is 1. The van der Waals surface area contributed by atoms with Gasteiger partial charge in [-0.15, -0.1) is 0 Å². The van der Waals surface area contributed by atoms with Crippen LogP contribution in [0, 0.1) is 5.82 Å². The summed E-state index contributed by atoms with van der Waals surface area (Å²) in [7, 11) is 1.47. The van der Waals surface area contributed by atoms with E-state index in [-0.39, 0.29) is 11.4 Å². The number of methoxy groups -OCH3 is 1. The normalized spacial score (nSPS) is 10.5. The minimum absolute atomic E-state index is 0.0544. The van der Waals surface area contributed by atoms with Crippen molar-refractivity contribution in [3.63, 3.8) is 0 Å². The standard InChI is InChI=1S/C17H12FNO3/c1-21-16-12-7-3-2-6-11(12)10-14(19-16)17(20)22-15-9-5-4-8-13(15)18/h2-10H,1H3. The van der Waals surface area contributed by atoms with Crippen molar-refractivity contribution in [3.05, 3.63) is 66.1 Å². The highest BCUT2D eigenvalue weighted by Gasteiger charge is 2.16. The van der Waals surface area contributed by atoms with Gasteiger partial charge in [-0.2, -0.15) is 0 Å². The summed E-state index contributed by atoms with van der Waals surface area (Å²) in [6.07, 6.45) is 0. The molecular weight excluding hydrogens is 285 g/mol. The maximum Gasteiger partial charge on any atom is 0.362 e. The Morgan fingerprint density at radius 3 is 2.59 bits per heavy atom. The summed E-state index contributed by atoms with van der Waals surface area (Å²) in [6.45, 7) is 0. The average Bonchev–Trinajstić information content (AvgIpc) is 2.55. The number of fused-ring (bicyclic) bond motifs is 1. The largest absolute Gasteiger partial charge is 0.481 e. The number of ether oxygens (including phenoxy) is 2. The lowest BCUT2D eigenvalue weighted by atomic mass is 10.1. The molecule has 3 aromatic rings. The first-order valence-corrected chi connectivity index (χ1v) is 6.59. The van der Waals surface area contributed by atoms with Crippen LogP contribution in [0.25, 0.3) is 10.8 Å². The van der Waals surface area contributed by atoms with Gasteiger partial charge in [0, 0.05) is 5.39 Å². The number of aromatic nitrogens is 1. The van der Waals surface area contributed by atoms with Crippen molar-refractivity contribution in [3.8, 4) is 11.6 Å². The van der Waals surface area contributed by atoms with Gasteiger partial charge in [0.25, 0.3) is 0 Å². The van der Waals surface area contributed by atoms with E-state index in [1.165, 1.54) is 25.3 Å². The first kappa shape index (κ1) is 14.0. The van der Waals surface area contributed by atoms with Crippen LogP contribution in [0.3, 0.4) is 0 Å². The molecule has 0 aliphatic carbocycles. The Morgan fingerprint density at radius 1 is 1.09 bits per heavy atom. The summed E-state index contributed by atoms with van der Waals surface area (Å²) in [5.41, 5.74) is 0.0544. The van der Waals surface area contributed by atoms with Crippen molar-refractivity contribution in [2.75, 3.05) is 7.11 Å². The maximum atomic E-state index is 13.5. The van der Waals surface area contributed by atoms with Crippen LogP contribution < -0.4 is 9.47 Å². The van der Waals surface area contributed by atoms with Crippen LogP contribution in [-0.4, -0.2) is 18.1 Å². The zero-order valence-electron chi connectivity index (χ0n) is 11.7. The SMILES string of the molecule is COc1nc(C(=O)Oc2ccccc2F)cc2ccccc12. The molecule has 2 aromatic carbocycles. The number of esters is 1. The van der Waals surface area contributed by atoms with Gasteiger partial charge in [-0.3, -0.25) is 0 Å². The average molecular weight is 297 g/mol. The van der Waals surface area contributed by atoms with Gasteiger partial charge in [0.1, 0.15) is 0 Å². The Hall–Kier alpha value is -2.95. The quantitative estimate of drug-likeness (QED) is 0.547. The van der Waals surface area contributed by atoms with Gasteiger partial charge in [-0.1, -0.05) is 30.3 Å². The molecule has 0 N–H and O–H groups in total. The number of halogens is 1. The number of para-hydroxylation sites is 1. The fourth-order valence-corrected chi connectivity index (χ4v) is 2.11. The summed E-state index contributed by atoms with van der Waals surface area (Å²) < 4.78 is 23.8. The number of benzene rings is 2. The summed E-state index contributed by atoms with van der Waals surface area (Å²) in [5, 5.41) is 1.57. The molecule has 0 unspecified atom stereocenters. The highest BCUT2D eigenvalue weighted by molar-refractivity contribution is 5.96. The van der Waals surface area contributed by atoms with E-state index in [1.54, 1.807) is 12.1 Å². The lowest BCUT2D eigenvalue weighted by Gasteiger charge is -2.08. The van der Waals surface area contributed by atoms with Crippen LogP contribution in [0.1, 0.15) is 10.5 Å². The van der Waals surface area contributed by atoms with Gasteiger partial charge in [0.05, 0.1) is 7.11 Å². The maximum absolute atomic E-state index is 13.5. The summed E-state index contributed by atoms with van der Waals surface area (Å²) >= 11 is 0. The predicted molar refractivity (Wildman–Crippen MR) is 79.7 cm³/mol. The number of carbonyl (C=O) groups is 1. The minimum atomic E-state index is -0.742. The van der Waals surface area contributed by atoms with Gasteiger partial charge in [-0.05, 0) is 29.7 Å². The fraction of sp³-hybridized carbons (Fsp3) is 0.0588. The first-order chi connectivity index (χ1) is 10.7. The molecule has 0 bridgehead atoms. The van der Waals surface area contributed by atoms with E-state index >= 15 is 0 Å². The molecule has 0 spiro atoms. The first-order valence-electron chi connectivity index (χ1n) is 6.59. The van der Waals surface area contributed by atoms with Crippen molar-refractivity contribution < 1.29 is 18.7 Å². The molecule has 1 heterocycles. The van der Waals surface area contributed by atoms with Crippen LogP contribution >= 0.6 is 0 Å². The van der Waals surface area contributed by atoms with Crippen molar-refractivity contribution in [2.45, 2.75) is 0 Å². The van der Waals surface area contributed by atoms with Crippen LogP contribution in [0.4, 0.5) is 4.39 Å². The third-order valence-corrected chi connectivity index (χ3v) is 3.15. The van der Waals surface area contributed by atoms with Gasteiger partial charge in [0.2, 0.25) is 5.88 Å². The van der Waals surface area contributed by atoms with E-state index in [0.717, 1.165) is 10.8 Å². The van der Waals surface area contributed by atoms with Crippen molar-refractivity contribution >= 4 is 16.7 Å². The van der Waals surface area contributed by atoms with E-state index in [9.17, 15) is 9.18 Å². The topological polar surface area (TPSA) is 48.4 Å². The van der Waals surface area contributed by atoms with Gasteiger partial charge in [-0.25, -0.2) is 14.2 Å². The molecule has 0 saturated carbocycles. The third-order valence-electron chi connectivity index (χ3n) is 3.15. The van der Waals surface area contributed by atoms with Gasteiger partial charge in [0.15, 0.2) is 17.3 Å². The molecule has 0 aliphatic rings. The van der Waals surface area contributed by atoms with E-state index in [2.05, 4.69) is 4.98 Å². The minimum Gasteiger partial charge on any atom is -0.481 e. The lowest BCUT2D eigenvalue weighted by molar-refractivity contribution is 0.0721. The van der Waals surface area contributed by atoms with Crippen molar-refractivity contribution in [1.29, 1.82) is 0 Å². The Balaban J connectivity index is 1.99. The molecule has 0 saturated heterocycles. The van der Waals surface area contributed by atoms with Gasteiger partial charge < -0.3 is 9.47 Å². The molecule has 4 nitrogen and oxygen atoms in total. The predicted octanol–water partition coefficient (Wildman–Crippen LogP) is 3.60. The second-order valence-electron chi connectivity index (χ2n) is 4.56. The summed E-state index contributed by atoms with van der Waals surface area (Å²) in [6, 6.07) is 14.7. The molecule has 3 rings (SSSR count). The molecule has 5 heteroatoms. The Morgan fingerprint density at radius 2 is 1.82 bits per heavy atom. The molecule has 0 amide bonds. The zero-order chi connectivity index (χ0) is 15.5. The van der Waals surface area contributed by atoms with Crippen LogP contribution in [0.15, 0.2) is 54.6 Å². The molecule has 110 valence electrons. The van der Waals surface area contributed by atoms with Crippen LogP contribution in [-0.2, 0) is 0 Å². The molecule has 1 aromatic heterocycles. The molecule has 0 radical (unpaired) electrons. The van der Waals surface area contributed by atoms with Crippen LogP contribution in [0.2, 0.25) is 0 Å². The monoisotopic (exact) mass is 297 g/mol. The number of nitrogens with zero attached hydrogens (tertiary/aromatic N) is 1. The van der Waals surface area contributed by atoms with E-state index in [4.69, 9.17) is 9.47 Å². The third kappa shape index (κ3) is 2.61. The van der Waals surface area contributed by atoms with Gasteiger partial charge >= 0.3 is 5.97 Å². The van der Waals surface area contributed by atoms with Crippen LogP contribution in [0.5, 0.6) is 11.6 Å². The van der Waals surface area contributed by atoms with Crippen molar-refractivity contribution in [2.24, 2.45) is 0 Å². The molecule has 0 fully saturated rings. The lowest BCUT2D eigenvalue weighted by Crippen LogP contribution is -2.12. The fourth-order valence-electron chi connectivity index (χ4n) is 2.11. The van der Waals surface area contributed by atoms with E-state index in [0.29, 0.717) is 5.88 Å². The highest BCUT2D eigenvalue weighted by Crippen LogP contribution is 2.25. The molecule has 22 heavy (non-hydrogen) atoms.